The molecular formula is C16H20N2O3. The van der Waals surface area contributed by atoms with Crippen molar-refractivity contribution in [2.75, 3.05) is 0 Å². The van der Waals surface area contributed by atoms with Crippen LogP contribution in [0, 0.1) is 0 Å². The van der Waals surface area contributed by atoms with Gasteiger partial charge < -0.3 is 9.73 Å². The second kappa shape index (κ2) is 5.76. The molecule has 0 radical (unpaired) electrons. The molecule has 0 bridgehead atoms. The summed E-state index contributed by atoms with van der Waals surface area (Å²) < 4.78 is 6.49. The van der Waals surface area contributed by atoms with Crippen LogP contribution in [0.5, 0.6) is 0 Å². The Morgan fingerprint density at radius 2 is 1.95 bits per heavy atom. The number of nitrogens with one attached hydrogen (secondary N) is 1. The third kappa shape index (κ3) is 2.86. The first-order chi connectivity index (χ1) is 10.1. The maximum atomic E-state index is 12.4. The number of carbonyl (C=O) groups is 1. The number of amides is 1. The molecule has 1 aromatic carbocycles. The molecule has 5 heteroatoms. The summed E-state index contributed by atoms with van der Waals surface area (Å²) >= 11 is 0. The number of aromatic nitrogens is 1. The van der Waals surface area contributed by atoms with Crippen LogP contribution < -0.4 is 11.1 Å². The van der Waals surface area contributed by atoms with Crippen LogP contribution in [0.2, 0.25) is 0 Å². The Labute approximate surface area is 122 Å². The second-order valence-corrected chi connectivity index (χ2v) is 5.77. The van der Waals surface area contributed by atoms with Gasteiger partial charge in [-0.25, -0.2) is 4.79 Å². The molecule has 1 saturated carbocycles. The number of carbonyl (C=O) groups excluding carboxylic acids is 1. The first-order valence-electron chi connectivity index (χ1n) is 7.55. The molecule has 21 heavy (non-hydrogen) atoms. The van der Waals surface area contributed by atoms with Crippen LogP contribution in [-0.2, 0) is 7.05 Å². The summed E-state index contributed by atoms with van der Waals surface area (Å²) in [6.07, 6.45) is 6.99. The Morgan fingerprint density at radius 3 is 2.67 bits per heavy atom. The summed E-state index contributed by atoms with van der Waals surface area (Å²) in [6.45, 7) is 0. The highest BCUT2D eigenvalue weighted by molar-refractivity contribution is 5.97. The number of nitrogens with zero attached hydrogens (tertiary/aromatic N) is 1. The largest absolute Gasteiger partial charge is 0.419 e. The van der Waals surface area contributed by atoms with Crippen molar-refractivity contribution >= 4 is 17.0 Å². The summed E-state index contributed by atoms with van der Waals surface area (Å²) in [6, 6.07) is 5.37. The van der Waals surface area contributed by atoms with E-state index in [9.17, 15) is 9.59 Å². The fourth-order valence-electron chi connectivity index (χ4n) is 2.96. The molecule has 1 fully saturated rings. The normalized spacial score (nSPS) is 16.8. The van der Waals surface area contributed by atoms with Crippen LogP contribution in [-0.4, -0.2) is 16.5 Å². The first-order valence-corrected chi connectivity index (χ1v) is 7.55. The molecule has 5 nitrogen and oxygen atoms in total. The van der Waals surface area contributed by atoms with Crippen molar-refractivity contribution in [1.82, 2.24) is 9.88 Å². The minimum absolute atomic E-state index is 0.0718. The monoisotopic (exact) mass is 288 g/mol. The van der Waals surface area contributed by atoms with E-state index < -0.39 is 5.76 Å². The highest BCUT2D eigenvalue weighted by atomic mass is 16.4. The Balaban J connectivity index is 1.80. The Bertz CT molecular complexity index is 706. The van der Waals surface area contributed by atoms with Crippen LogP contribution in [0.3, 0.4) is 0 Å². The predicted octanol–water partition coefficient (Wildman–Crippen LogP) is 2.58. The lowest BCUT2D eigenvalue weighted by atomic mass is 10.1. The molecule has 2 aromatic rings. The molecule has 3 rings (SSSR count). The van der Waals surface area contributed by atoms with E-state index in [-0.39, 0.29) is 11.9 Å². The van der Waals surface area contributed by atoms with Crippen LogP contribution >= 0.6 is 0 Å². The highest BCUT2D eigenvalue weighted by Crippen LogP contribution is 2.19. The zero-order valence-electron chi connectivity index (χ0n) is 12.2. The summed E-state index contributed by atoms with van der Waals surface area (Å²) in [5.41, 5.74) is 1.73. The van der Waals surface area contributed by atoms with E-state index in [0.29, 0.717) is 16.7 Å². The summed E-state index contributed by atoms with van der Waals surface area (Å²) in [7, 11) is 1.64. The van der Waals surface area contributed by atoms with Gasteiger partial charge in [-0.05, 0) is 31.0 Å². The average molecular weight is 288 g/mol. The van der Waals surface area contributed by atoms with E-state index in [1.165, 1.54) is 30.3 Å². The van der Waals surface area contributed by atoms with Gasteiger partial charge in [0.05, 0.1) is 5.52 Å². The van der Waals surface area contributed by atoms with Crippen molar-refractivity contribution in [1.29, 1.82) is 0 Å². The Morgan fingerprint density at radius 1 is 1.24 bits per heavy atom. The molecule has 1 N–H and O–H groups in total. The van der Waals surface area contributed by atoms with Crippen molar-refractivity contribution < 1.29 is 9.21 Å². The molecule has 1 heterocycles. The fraction of sp³-hybridized carbons (Fsp3) is 0.500. The number of benzene rings is 1. The third-order valence-corrected chi connectivity index (χ3v) is 4.24. The van der Waals surface area contributed by atoms with E-state index in [1.54, 1.807) is 25.2 Å². The van der Waals surface area contributed by atoms with Crippen molar-refractivity contribution in [3.05, 3.63) is 34.3 Å². The summed E-state index contributed by atoms with van der Waals surface area (Å²) in [5, 5.41) is 3.11. The molecule has 112 valence electrons. The molecule has 0 aliphatic heterocycles. The topological polar surface area (TPSA) is 64.2 Å². The number of rotatable bonds is 2. The number of oxazole rings is 1. The number of fused-ring (bicyclic) bond motifs is 1. The lowest BCUT2D eigenvalue weighted by Gasteiger charge is -2.16. The van der Waals surface area contributed by atoms with Crippen molar-refractivity contribution in [2.24, 2.45) is 7.05 Å². The molecule has 1 aliphatic rings. The third-order valence-electron chi connectivity index (χ3n) is 4.24. The number of hydrogen-bond donors (Lipinski definition) is 1. The highest BCUT2D eigenvalue weighted by Gasteiger charge is 2.17. The van der Waals surface area contributed by atoms with E-state index in [4.69, 9.17) is 4.42 Å². The Kier molecular flexibility index (Phi) is 3.82. The van der Waals surface area contributed by atoms with Crippen LogP contribution in [0.1, 0.15) is 48.9 Å². The van der Waals surface area contributed by atoms with Crippen LogP contribution in [0.25, 0.3) is 11.1 Å². The standard InChI is InChI=1S/C16H20N2O3/c1-18-13-10-11(8-9-14(13)21-16(18)20)15(19)17-12-6-4-2-3-5-7-12/h8-10,12H,2-7H2,1H3,(H,17,19). The van der Waals surface area contributed by atoms with E-state index >= 15 is 0 Å². The van der Waals surface area contributed by atoms with Gasteiger partial charge in [-0.3, -0.25) is 9.36 Å². The first kappa shape index (κ1) is 13.9. The zero-order chi connectivity index (χ0) is 14.8. The average Bonchev–Trinajstić information content (AvgIpc) is 2.67. The molecular weight excluding hydrogens is 268 g/mol. The van der Waals surface area contributed by atoms with E-state index in [2.05, 4.69) is 5.32 Å². The second-order valence-electron chi connectivity index (χ2n) is 5.77. The SMILES string of the molecule is Cn1c(=O)oc2ccc(C(=O)NC3CCCCCC3)cc21. The summed E-state index contributed by atoms with van der Waals surface area (Å²) in [5.74, 6) is -0.483. The lowest BCUT2D eigenvalue weighted by molar-refractivity contribution is 0.0933. The molecule has 1 amide bonds. The van der Waals surface area contributed by atoms with Crippen molar-refractivity contribution in [2.45, 2.75) is 44.6 Å². The minimum atomic E-state index is -0.411. The molecule has 1 aliphatic carbocycles. The predicted molar refractivity (Wildman–Crippen MR) is 80.4 cm³/mol. The maximum absolute atomic E-state index is 12.4. The van der Waals surface area contributed by atoms with Gasteiger partial charge in [-0.2, -0.15) is 0 Å². The minimum Gasteiger partial charge on any atom is -0.408 e. The molecule has 0 atom stereocenters. The fourth-order valence-corrected chi connectivity index (χ4v) is 2.96. The molecule has 0 unspecified atom stereocenters. The van der Waals surface area contributed by atoms with Gasteiger partial charge >= 0.3 is 5.76 Å². The van der Waals surface area contributed by atoms with Crippen molar-refractivity contribution in [3.63, 3.8) is 0 Å². The quantitative estimate of drug-likeness (QED) is 0.864. The number of aryl methyl sites for hydroxylation is 1. The zero-order valence-corrected chi connectivity index (χ0v) is 12.2. The number of hydrogen-bond acceptors (Lipinski definition) is 3. The van der Waals surface area contributed by atoms with Crippen molar-refractivity contribution in [3.8, 4) is 0 Å². The van der Waals surface area contributed by atoms with Crippen LogP contribution in [0.4, 0.5) is 0 Å². The molecule has 1 aromatic heterocycles. The van der Waals surface area contributed by atoms with Gasteiger partial charge in [0.1, 0.15) is 0 Å². The molecule has 0 saturated heterocycles. The van der Waals surface area contributed by atoms with Gasteiger partial charge in [0.2, 0.25) is 0 Å². The van der Waals surface area contributed by atoms with Gasteiger partial charge in [-0.1, -0.05) is 25.7 Å². The molecule has 0 spiro atoms. The van der Waals surface area contributed by atoms with Gasteiger partial charge in [0.15, 0.2) is 5.58 Å². The summed E-state index contributed by atoms with van der Waals surface area (Å²) in [4.78, 5) is 23.8. The van der Waals surface area contributed by atoms with E-state index in [1.807, 2.05) is 0 Å². The maximum Gasteiger partial charge on any atom is 0.419 e. The van der Waals surface area contributed by atoms with Crippen LogP contribution in [0.15, 0.2) is 27.4 Å². The van der Waals surface area contributed by atoms with Gasteiger partial charge in [0.25, 0.3) is 5.91 Å². The Hall–Kier alpha value is -2.04. The van der Waals surface area contributed by atoms with Gasteiger partial charge in [-0.15, -0.1) is 0 Å². The smallest absolute Gasteiger partial charge is 0.408 e. The van der Waals surface area contributed by atoms with Gasteiger partial charge in [0, 0.05) is 18.7 Å². The lowest BCUT2D eigenvalue weighted by Crippen LogP contribution is -2.34. The van der Waals surface area contributed by atoms with E-state index in [0.717, 1.165) is 12.8 Å².